The molecule has 1 fully saturated rings. The minimum Gasteiger partial charge on any atom is -0.492 e. The quantitative estimate of drug-likeness (QED) is 0.373. The third-order valence-corrected chi connectivity index (χ3v) is 7.45. The van der Waals surface area contributed by atoms with E-state index in [9.17, 15) is 9.59 Å². The minimum absolute atomic E-state index is 0.186. The molecule has 190 valence electrons. The van der Waals surface area contributed by atoms with Crippen LogP contribution in [0.4, 0.5) is 5.13 Å². The van der Waals surface area contributed by atoms with Gasteiger partial charge in [-0.25, -0.2) is 0 Å². The highest BCUT2D eigenvalue weighted by molar-refractivity contribution is 7.18. The Morgan fingerprint density at radius 2 is 2.00 bits per heavy atom. The molecule has 0 spiro atoms. The van der Waals surface area contributed by atoms with Gasteiger partial charge in [-0.15, -0.1) is 10.2 Å². The van der Waals surface area contributed by atoms with E-state index in [0.717, 1.165) is 34.7 Å². The van der Waals surface area contributed by atoms with E-state index in [1.54, 1.807) is 29.2 Å². The lowest BCUT2D eigenvalue weighted by Crippen LogP contribution is -2.51. The van der Waals surface area contributed by atoms with Crippen LogP contribution >= 0.6 is 22.9 Å². The van der Waals surface area contributed by atoms with Crippen LogP contribution in [0.15, 0.2) is 42.5 Å². The summed E-state index contributed by atoms with van der Waals surface area (Å²) in [5, 5.41) is 19.4. The molecule has 0 unspecified atom stereocenters. The Kier molecular flexibility index (Phi) is 8.56. The van der Waals surface area contributed by atoms with E-state index in [1.165, 1.54) is 11.3 Å². The van der Waals surface area contributed by atoms with Crippen molar-refractivity contribution in [2.24, 2.45) is 5.92 Å². The van der Waals surface area contributed by atoms with Gasteiger partial charge in [-0.05, 0) is 49.2 Å². The molecule has 0 aliphatic carbocycles. The number of carbonyl (C=O) groups is 2. The summed E-state index contributed by atoms with van der Waals surface area (Å²) in [4.78, 5) is 27.9. The molecular formula is C26H29ClN4O4S. The van der Waals surface area contributed by atoms with Gasteiger partial charge in [0.2, 0.25) is 5.13 Å². The number of hydrogen-bond donors (Lipinski definition) is 1. The van der Waals surface area contributed by atoms with Crippen molar-refractivity contribution in [3.05, 3.63) is 58.6 Å². The molecule has 4 rings (SSSR count). The lowest BCUT2D eigenvalue weighted by atomic mass is 10.0. The number of carbonyl (C=O) groups excluding carboxylic acids is 1. The number of unbranched alkanes of at least 4 members (excludes halogenated alkanes) is 1. The number of likely N-dealkylation sites (tertiary alicyclic amines) is 1. The average Bonchev–Trinajstić information content (AvgIpc) is 3.30. The number of amides is 1. The summed E-state index contributed by atoms with van der Waals surface area (Å²) in [6, 6.07) is 12.8. The summed E-state index contributed by atoms with van der Waals surface area (Å²) < 4.78 is 5.87. The zero-order valence-electron chi connectivity index (χ0n) is 20.3. The number of nitrogens with zero attached hydrogens (tertiary/aromatic N) is 4. The van der Waals surface area contributed by atoms with Crippen molar-refractivity contribution in [2.45, 2.75) is 26.7 Å². The molecule has 1 saturated heterocycles. The smallest absolute Gasteiger partial charge is 0.309 e. The Labute approximate surface area is 219 Å². The number of hydrogen-bond acceptors (Lipinski definition) is 7. The van der Waals surface area contributed by atoms with Crippen LogP contribution in [0.25, 0.3) is 10.6 Å². The van der Waals surface area contributed by atoms with E-state index in [0.29, 0.717) is 48.5 Å². The van der Waals surface area contributed by atoms with Gasteiger partial charge in [0.1, 0.15) is 17.4 Å². The zero-order chi connectivity index (χ0) is 25.7. The van der Waals surface area contributed by atoms with Gasteiger partial charge in [-0.2, -0.15) is 0 Å². The second kappa shape index (κ2) is 11.8. The molecule has 0 radical (unpaired) electrons. The number of benzene rings is 2. The largest absolute Gasteiger partial charge is 0.492 e. The maximum absolute atomic E-state index is 13.3. The van der Waals surface area contributed by atoms with Gasteiger partial charge in [-0.3, -0.25) is 19.4 Å². The average molecular weight is 529 g/mol. The van der Waals surface area contributed by atoms with Crippen LogP contribution in [0.5, 0.6) is 5.75 Å². The Balaban J connectivity index is 1.43. The fourth-order valence-electron chi connectivity index (χ4n) is 3.98. The molecule has 10 heteroatoms. The first kappa shape index (κ1) is 26.1. The summed E-state index contributed by atoms with van der Waals surface area (Å²) >= 11 is 7.66. The van der Waals surface area contributed by atoms with Gasteiger partial charge in [0.25, 0.3) is 5.91 Å². The van der Waals surface area contributed by atoms with Crippen molar-refractivity contribution < 1.29 is 19.4 Å². The van der Waals surface area contributed by atoms with Crippen LogP contribution < -0.4 is 9.64 Å². The SMILES string of the molecule is CCCCN(C(=O)c1ccccc1Cl)c1nnc(-c2ccc(OCCN3CC(C(=O)O)C3)cc2C)s1. The second-order valence-electron chi connectivity index (χ2n) is 8.80. The number of aromatic nitrogens is 2. The van der Waals surface area contributed by atoms with Crippen molar-refractivity contribution in [1.29, 1.82) is 0 Å². The van der Waals surface area contributed by atoms with Crippen LogP contribution in [0.3, 0.4) is 0 Å². The van der Waals surface area contributed by atoms with E-state index in [2.05, 4.69) is 22.0 Å². The number of halogens is 1. The van der Waals surface area contributed by atoms with E-state index in [1.807, 2.05) is 25.1 Å². The number of anilines is 1. The summed E-state index contributed by atoms with van der Waals surface area (Å²) in [7, 11) is 0. The lowest BCUT2D eigenvalue weighted by Gasteiger charge is -2.36. The molecular weight excluding hydrogens is 500 g/mol. The van der Waals surface area contributed by atoms with Crippen LogP contribution in [-0.4, -0.2) is 64.9 Å². The highest BCUT2D eigenvalue weighted by Gasteiger charge is 2.32. The molecule has 0 saturated carbocycles. The molecule has 1 N–H and O–H groups in total. The van der Waals surface area contributed by atoms with Gasteiger partial charge in [0.05, 0.1) is 16.5 Å². The molecule has 8 nitrogen and oxygen atoms in total. The summed E-state index contributed by atoms with van der Waals surface area (Å²) in [5.41, 5.74) is 2.36. The first-order valence-corrected chi connectivity index (χ1v) is 13.2. The van der Waals surface area contributed by atoms with Crippen molar-refractivity contribution >= 4 is 39.9 Å². The third kappa shape index (κ3) is 6.03. The zero-order valence-corrected chi connectivity index (χ0v) is 21.9. The fraction of sp³-hybridized carbons (Fsp3) is 0.385. The molecule has 1 aliphatic heterocycles. The molecule has 1 aliphatic rings. The maximum atomic E-state index is 13.3. The Morgan fingerprint density at radius 1 is 1.22 bits per heavy atom. The van der Waals surface area contributed by atoms with Crippen LogP contribution in [-0.2, 0) is 4.79 Å². The van der Waals surface area contributed by atoms with Gasteiger partial charge < -0.3 is 9.84 Å². The van der Waals surface area contributed by atoms with Crippen LogP contribution in [0, 0.1) is 12.8 Å². The Hall–Kier alpha value is -3.01. The van der Waals surface area contributed by atoms with E-state index >= 15 is 0 Å². The first-order valence-electron chi connectivity index (χ1n) is 12.0. The normalized spacial score (nSPS) is 13.9. The van der Waals surface area contributed by atoms with Crippen molar-refractivity contribution in [2.75, 3.05) is 37.7 Å². The lowest BCUT2D eigenvalue weighted by molar-refractivity contribution is -0.147. The van der Waals surface area contributed by atoms with E-state index < -0.39 is 5.97 Å². The highest BCUT2D eigenvalue weighted by Crippen LogP contribution is 2.33. The molecule has 1 amide bonds. The molecule has 36 heavy (non-hydrogen) atoms. The van der Waals surface area contributed by atoms with E-state index in [4.69, 9.17) is 21.4 Å². The van der Waals surface area contributed by atoms with Gasteiger partial charge >= 0.3 is 5.97 Å². The van der Waals surface area contributed by atoms with Crippen molar-refractivity contribution in [3.63, 3.8) is 0 Å². The maximum Gasteiger partial charge on any atom is 0.309 e. The van der Waals surface area contributed by atoms with Gasteiger partial charge in [0.15, 0.2) is 0 Å². The molecule has 0 bridgehead atoms. The highest BCUT2D eigenvalue weighted by atomic mass is 35.5. The number of carboxylic acid groups (broad SMARTS) is 1. The standard InChI is InChI=1S/C26H29ClN4O4S/c1-3-4-11-31(24(32)21-7-5-6-8-22(21)27)26-29-28-23(36-26)20-10-9-19(14-17(20)2)35-13-12-30-15-18(16-30)25(33)34/h5-10,14,18H,3-4,11-13,15-16H2,1-2H3,(H,33,34). The fourth-order valence-corrected chi connectivity index (χ4v) is 5.16. The van der Waals surface area contributed by atoms with Crippen LogP contribution in [0.2, 0.25) is 5.02 Å². The topological polar surface area (TPSA) is 95.9 Å². The molecule has 2 aromatic carbocycles. The predicted octanol–water partition coefficient (Wildman–Crippen LogP) is 5.01. The Bertz CT molecular complexity index is 1230. The second-order valence-corrected chi connectivity index (χ2v) is 10.2. The van der Waals surface area contributed by atoms with Crippen LogP contribution in [0.1, 0.15) is 35.7 Å². The minimum atomic E-state index is -0.736. The summed E-state index contributed by atoms with van der Waals surface area (Å²) in [5.74, 6) is -0.440. The van der Waals surface area contributed by atoms with Crippen molar-refractivity contribution in [1.82, 2.24) is 15.1 Å². The van der Waals surface area contributed by atoms with E-state index in [-0.39, 0.29) is 11.8 Å². The molecule has 0 atom stereocenters. The van der Waals surface area contributed by atoms with Gasteiger partial charge in [-0.1, -0.05) is 48.4 Å². The number of carboxylic acids is 1. The molecule has 2 heterocycles. The summed E-state index contributed by atoms with van der Waals surface area (Å²) in [6.07, 6.45) is 1.78. The Morgan fingerprint density at radius 3 is 2.69 bits per heavy atom. The number of aryl methyl sites for hydroxylation is 1. The monoisotopic (exact) mass is 528 g/mol. The number of rotatable bonds is 11. The van der Waals surface area contributed by atoms with Crippen molar-refractivity contribution in [3.8, 4) is 16.3 Å². The summed E-state index contributed by atoms with van der Waals surface area (Å²) in [6.45, 7) is 6.93. The molecule has 1 aromatic heterocycles. The molecule has 3 aromatic rings. The number of aliphatic carboxylic acids is 1. The predicted molar refractivity (Wildman–Crippen MR) is 141 cm³/mol. The number of ether oxygens (including phenoxy) is 1. The first-order chi connectivity index (χ1) is 17.4. The van der Waals surface area contributed by atoms with Gasteiger partial charge in [0, 0.05) is 31.7 Å². The third-order valence-electron chi connectivity index (χ3n) is 6.14.